The van der Waals surface area contributed by atoms with Gasteiger partial charge in [-0.2, -0.15) is 0 Å². The Morgan fingerprint density at radius 1 is 1.07 bits per heavy atom. The van der Waals surface area contributed by atoms with E-state index in [-0.39, 0.29) is 11.9 Å². The third kappa shape index (κ3) is 3.78. The van der Waals surface area contributed by atoms with Gasteiger partial charge >= 0.3 is 6.03 Å². The molecule has 162 valence electrons. The molecule has 2 aliphatic heterocycles. The van der Waals surface area contributed by atoms with E-state index in [1.165, 1.54) is 0 Å². The van der Waals surface area contributed by atoms with Crippen molar-refractivity contribution < 1.29 is 14.1 Å². The zero-order valence-corrected chi connectivity index (χ0v) is 18.1. The van der Waals surface area contributed by atoms with Crippen molar-refractivity contribution in [1.82, 2.24) is 34.6 Å². The third-order valence-corrected chi connectivity index (χ3v) is 6.16. The first-order valence-corrected chi connectivity index (χ1v) is 10.4. The summed E-state index contributed by atoms with van der Waals surface area (Å²) in [5.41, 5.74) is 1.63. The van der Waals surface area contributed by atoms with Crippen LogP contribution in [-0.2, 0) is 24.3 Å². The predicted octanol–water partition coefficient (Wildman–Crippen LogP) is 1.33. The third-order valence-electron chi connectivity index (χ3n) is 6.16. The van der Waals surface area contributed by atoms with Crippen LogP contribution in [0, 0.1) is 13.8 Å². The van der Waals surface area contributed by atoms with Crippen LogP contribution in [0.25, 0.3) is 0 Å². The highest BCUT2D eigenvalue weighted by Gasteiger charge is 2.31. The molecule has 30 heavy (non-hydrogen) atoms. The number of urea groups is 1. The molecule has 2 aromatic heterocycles. The average molecular weight is 415 g/mol. The second-order valence-electron chi connectivity index (χ2n) is 8.36. The molecule has 10 nitrogen and oxygen atoms in total. The van der Waals surface area contributed by atoms with E-state index < -0.39 is 0 Å². The molecule has 3 amide bonds. The van der Waals surface area contributed by atoms with E-state index in [0.717, 1.165) is 48.8 Å². The summed E-state index contributed by atoms with van der Waals surface area (Å²) >= 11 is 0. The number of hydrogen-bond donors (Lipinski definition) is 0. The summed E-state index contributed by atoms with van der Waals surface area (Å²) in [7, 11) is 3.56. The Kier molecular flexibility index (Phi) is 5.48. The number of fused-ring (bicyclic) bond motifs is 1. The Morgan fingerprint density at radius 3 is 2.43 bits per heavy atom. The van der Waals surface area contributed by atoms with E-state index in [0.29, 0.717) is 37.7 Å². The van der Waals surface area contributed by atoms with Crippen molar-refractivity contribution in [3.63, 3.8) is 0 Å². The monoisotopic (exact) mass is 415 g/mol. The summed E-state index contributed by atoms with van der Waals surface area (Å²) < 4.78 is 7.33. The van der Waals surface area contributed by atoms with Gasteiger partial charge in [-0.15, -0.1) is 10.2 Å². The minimum atomic E-state index is 0.0516. The lowest BCUT2D eigenvalue weighted by Gasteiger charge is -2.34. The fourth-order valence-electron chi connectivity index (χ4n) is 4.32. The molecule has 0 atom stereocenters. The highest BCUT2D eigenvalue weighted by molar-refractivity contribution is 5.79. The standard InChI is InChI=1S/C20H29N7O3/c1-13-16(14(2)30-23-13)11-18(28)26-9-10-27-17(12-26)21-22-19(27)15-5-7-25(8-6-15)20(29)24(3)4/h15H,5-12H2,1-4H3. The molecule has 2 aliphatic rings. The molecule has 10 heteroatoms. The number of amides is 3. The van der Waals surface area contributed by atoms with Crippen LogP contribution in [0.2, 0.25) is 0 Å². The quantitative estimate of drug-likeness (QED) is 0.750. The van der Waals surface area contributed by atoms with Gasteiger partial charge in [0.05, 0.1) is 18.7 Å². The van der Waals surface area contributed by atoms with Gasteiger partial charge in [-0.05, 0) is 26.7 Å². The van der Waals surface area contributed by atoms with E-state index >= 15 is 0 Å². The SMILES string of the molecule is Cc1noc(C)c1CC(=O)N1CCn2c(nnc2C2CCN(C(=O)N(C)C)CC2)C1. The van der Waals surface area contributed by atoms with E-state index in [1.54, 1.807) is 19.0 Å². The topological polar surface area (TPSA) is 101 Å². The van der Waals surface area contributed by atoms with Gasteiger partial charge in [0.25, 0.3) is 0 Å². The zero-order chi connectivity index (χ0) is 21.4. The first kappa shape index (κ1) is 20.4. The van der Waals surface area contributed by atoms with E-state index in [1.807, 2.05) is 23.6 Å². The van der Waals surface area contributed by atoms with Gasteiger partial charge in [-0.25, -0.2) is 4.79 Å². The van der Waals surface area contributed by atoms with E-state index in [9.17, 15) is 9.59 Å². The Morgan fingerprint density at radius 2 is 1.80 bits per heavy atom. The van der Waals surface area contributed by atoms with E-state index in [2.05, 4.69) is 19.9 Å². The van der Waals surface area contributed by atoms with Crippen LogP contribution in [0.5, 0.6) is 0 Å². The molecule has 1 saturated heterocycles. The highest BCUT2D eigenvalue weighted by atomic mass is 16.5. The van der Waals surface area contributed by atoms with Crippen molar-refractivity contribution in [1.29, 1.82) is 0 Å². The molecule has 2 aromatic rings. The number of nitrogens with zero attached hydrogens (tertiary/aromatic N) is 7. The number of hydrogen-bond acceptors (Lipinski definition) is 6. The van der Waals surface area contributed by atoms with Crippen LogP contribution < -0.4 is 0 Å². The van der Waals surface area contributed by atoms with Gasteiger partial charge in [0, 0.05) is 51.8 Å². The molecule has 0 bridgehead atoms. The summed E-state index contributed by atoms with van der Waals surface area (Å²) in [5, 5.41) is 12.8. The number of rotatable bonds is 3. The summed E-state index contributed by atoms with van der Waals surface area (Å²) in [5.74, 6) is 2.86. The molecule has 0 radical (unpaired) electrons. The van der Waals surface area contributed by atoms with Gasteiger partial charge in [0.1, 0.15) is 11.6 Å². The summed E-state index contributed by atoms with van der Waals surface area (Å²) in [6.07, 6.45) is 2.05. The van der Waals surface area contributed by atoms with Crippen molar-refractivity contribution in [3.8, 4) is 0 Å². The molecule has 0 saturated carbocycles. The van der Waals surface area contributed by atoms with Gasteiger partial charge in [0.2, 0.25) is 5.91 Å². The fraction of sp³-hybridized carbons (Fsp3) is 0.650. The number of aromatic nitrogens is 4. The van der Waals surface area contributed by atoms with Gasteiger partial charge in [-0.1, -0.05) is 5.16 Å². The highest BCUT2D eigenvalue weighted by Crippen LogP contribution is 2.29. The molecule has 0 spiro atoms. The Bertz CT molecular complexity index is 921. The van der Waals surface area contributed by atoms with Gasteiger partial charge < -0.3 is 23.8 Å². The van der Waals surface area contributed by atoms with Crippen molar-refractivity contribution in [3.05, 3.63) is 28.7 Å². The second-order valence-corrected chi connectivity index (χ2v) is 8.36. The Labute approximate surface area is 175 Å². The van der Waals surface area contributed by atoms with Crippen LogP contribution in [0.4, 0.5) is 4.79 Å². The number of aryl methyl sites for hydroxylation is 2. The minimum absolute atomic E-state index is 0.0516. The van der Waals surface area contributed by atoms with Crippen molar-refractivity contribution in [2.75, 3.05) is 33.7 Å². The van der Waals surface area contributed by atoms with Gasteiger partial charge in [0.15, 0.2) is 5.82 Å². The van der Waals surface area contributed by atoms with Crippen molar-refractivity contribution in [2.45, 2.75) is 52.1 Å². The van der Waals surface area contributed by atoms with Crippen molar-refractivity contribution in [2.24, 2.45) is 0 Å². The van der Waals surface area contributed by atoms with Crippen LogP contribution in [0.3, 0.4) is 0 Å². The van der Waals surface area contributed by atoms with Crippen LogP contribution in [-0.4, -0.2) is 80.3 Å². The number of likely N-dealkylation sites (tertiary alicyclic amines) is 1. The molecule has 0 N–H and O–H groups in total. The fourth-order valence-corrected chi connectivity index (χ4v) is 4.32. The zero-order valence-electron chi connectivity index (χ0n) is 18.1. The maximum absolute atomic E-state index is 12.8. The summed E-state index contributed by atoms with van der Waals surface area (Å²) in [6, 6.07) is 0.0594. The smallest absolute Gasteiger partial charge is 0.319 e. The molecule has 1 fully saturated rings. The molecule has 0 unspecified atom stereocenters. The van der Waals surface area contributed by atoms with E-state index in [4.69, 9.17) is 4.52 Å². The molecule has 4 heterocycles. The maximum atomic E-state index is 12.8. The largest absolute Gasteiger partial charge is 0.361 e. The normalized spacial score (nSPS) is 17.2. The Balaban J connectivity index is 1.39. The average Bonchev–Trinajstić information content (AvgIpc) is 3.31. The predicted molar refractivity (Wildman–Crippen MR) is 108 cm³/mol. The summed E-state index contributed by atoms with van der Waals surface area (Å²) in [6.45, 7) is 6.94. The Hall–Kier alpha value is -2.91. The number of carbonyl (C=O) groups excluding carboxylic acids is 2. The first-order chi connectivity index (χ1) is 14.3. The maximum Gasteiger partial charge on any atom is 0.319 e. The lowest BCUT2D eigenvalue weighted by Crippen LogP contribution is -2.44. The molecular weight excluding hydrogens is 386 g/mol. The number of carbonyl (C=O) groups is 2. The van der Waals surface area contributed by atoms with Crippen LogP contribution in [0.15, 0.2) is 4.52 Å². The lowest BCUT2D eigenvalue weighted by atomic mass is 9.96. The lowest BCUT2D eigenvalue weighted by molar-refractivity contribution is -0.132. The minimum Gasteiger partial charge on any atom is -0.361 e. The van der Waals surface area contributed by atoms with Crippen LogP contribution >= 0.6 is 0 Å². The van der Waals surface area contributed by atoms with Crippen LogP contribution in [0.1, 0.15) is 47.4 Å². The van der Waals surface area contributed by atoms with Gasteiger partial charge in [-0.3, -0.25) is 4.79 Å². The number of piperidine rings is 1. The molecule has 4 rings (SSSR count). The second kappa shape index (κ2) is 8.08. The first-order valence-electron chi connectivity index (χ1n) is 10.4. The molecule has 0 aliphatic carbocycles. The summed E-state index contributed by atoms with van der Waals surface area (Å²) in [4.78, 5) is 30.3. The molecular formula is C20H29N7O3. The molecule has 0 aromatic carbocycles. The van der Waals surface area contributed by atoms with Crippen molar-refractivity contribution >= 4 is 11.9 Å².